The minimum atomic E-state index is -0.771. The van der Waals surface area contributed by atoms with Crippen LogP contribution in [-0.2, 0) is 16.2 Å². The number of urea groups is 1. The molecule has 6 aromatic rings. The molecule has 0 bridgehead atoms. The van der Waals surface area contributed by atoms with Crippen LogP contribution in [0.1, 0.15) is 70.5 Å². The highest BCUT2D eigenvalue weighted by Gasteiger charge is 2.40. The molecule has 0 unspecified atom stereocenters. The topological polar surface area (TPSA) is 88.2 Å². The van der Waals surface area contributed by atoms with E-state index in [2.05, 4.69) is 113 Å². The molecule has 4 amide bonds. The number of fused-ring (bicyclic) bond motifs is 1. The van der Waals surface area contributed by atoms with Crippen molar-refractivity contribution in [2.24, 2.45) is 0 Å². The quantitative estimate of drug-likeness (QED) is 0.0884. The average Bonchev–Trinajstić information content (AvgIpc) is 3.23. The number of rotatable bonds is 9. The molecule has 6 aromatic carbocycles. The van der Waals surface area contributed by atoms with Gasteiger partial charge in [0.1, 0.15) is 12.2 Å². The monoisotopic (exact) mass is 879 g/mol. The number of amides is 4. The molecular formula is C49H42IN3O5. The molecule has 0 radical (unpaired) electrons. The summed E-state index contributed by atoms with van der Waals surface area (Å²) in [5.41, 5.74) is 8.79. The summed E-state index contributed by atoms with van der Waals surface area (Å²) in [6.07, 6.45) is 3.34. The summed E-state index contributed by atoms with van der Waals surface area (Å²) in [6, 6.07) is 40.1. The lowest BCUT2D eigenvalue weighted by molar-refractivity contribution is -0.122. The van der Waals surface area contributed by atoms with Crippen molar-refractivity contribution in [2.45, 2.75) is 45.1 Å². The van der Waals surface area contributed by atoms with Gasteiger partial charge in [-0.15, -0.1) is 0 Å². The van der Waals surface area contributed by atoms with Gasteiger partial charge in [0.2, 0.25) is 0 Å². The van der Waals surface area contributed by atoms with Crippen LogP contribution in [0, 0.1) is 10.5 Å². The average molecular weight is 880 g/mol. The Labute approximate surface area is 351 Å². The maximum Gasteiger partial charge on any atom is 0.335 e. The van der Waals surface area contributed by atoms with E-state index >= 15 is 0 Å². The third-order valence-corrected chi connectivity index (χ3v) is 12.4. The van der Waals surface area contributed by atoms with Crippen LogP contribution >= 0.6 is 22.6 Å². The first kappa shape index (κ1) is 37.6. The van der Waals surface area contributed by atoms with Crippen LogP contribution in [0.25, 0.3) is 16.8 Å². The third kappa shape index (κ3) is 6.91. The molecule has 58 heavy (non-hydrogen) atoms. The van der Waals surface area contributed by atoms with E-state index in [1.54, 1.807) is 6.07 Å². The van der Waals surface area contributed by atoms with Gasteiger partial charge in [0.05, 0.1) is 15.9 Å². The van der Waals surface area contributed by atoms with Crippen LogP contribution < -0.4 is 24.6 Å². The van der Waals surface area contributed by atoms with Gasteiger partial charge in [0.15, 0.2) is 11.5 Å². The fraction of sp³-hybridized carbons (Fsp3) is 0.204. The molecule has 1 fully saturated rings. The highest BCUT2D eigenvalue weighted by atomic mass is 127. The van der Waals surface area contributed by atoms with Crippen LogP contribution in [0.3, 0.4) is 0 Å². The van der Waals surface area contributed by atoms with Gasteiger partial charge in [0, 0.05) is 36.2 Å². The van der Waals surface area contributed by atoms with E-state index in [1.165, 1.54) is 22.9 Å². The van der Waals surface area contributed by atoms with Crippen molar-refractivity contribution in [3.05, 3.63) is 169 Å². The normalized spacial score (nSPS) is 18.3. The number of imide groups is 2. The lowest BCUT2D eigenvalue weighted by atomic mass is 9.76. The summed E-state index contributed by atoms with van der Waals surface area (Å²) in [5, 5.41) is 4.74. The molecule has 9 heteroatoms. The van der Waals surface area contributed by atoms with E-state index in [-0.39, 0.29) is 17.4 Å². The first-order valence-electron chi connectivity index (χ1n) is 19.8. The number of benzene rings is 6. The minimum Gasteiger partial charge on any atom is -0.490 e. The number of carbonyl (C=O) groups excluding carboxylic acids is 3. The zero-order valence-corrected chi connectivity index (χ0v) is 34.5. The standard InChI is InChI=1S/C49H42IN3O5/c1-3-57-44-26-31(25-43(50)46(44)58-29-42-30(2)18-19-34-16-10-11-17-36(34)42)24-41-47(54)51-49(56)53(48(41)55)35-27-39-37(32-12-6-4-7-13-32)20-22-52-23-21-38(40(28-35)45(39)52)33-14-8-5-9-15-33/h4-19,24-28,37-38H,3,20-23,29H2,1-2H3,(H,51,54,56)/b41-24+/t37-,38-/m0/s1. The van der Waals surface area contributed by atoms with Crippen LogP contribution in [0.5, 0.6) is 11.5 Å². The largest absolute Gasteiger partial charge is 0.490 e. The number of hydrogen-bond acceptors (Lipinski definition) is 6. The second-order valence-electron chi connectivity index (χ2n) is 15.1. The Kier molecular flexibility index (Phi) is 10.2. The molecule has 0 aromatic heterocycles. The number of halogens is 1. The lowest BCUT2D eigenvalue weighted by Crippen LogP contribution is -2.54. The van der Waals surface area contributed by atoms with Crippen molar-refractivity contribution in [1.29, 1.82) is 0 Å². The zero-order valence-electron chi connectivity index (χ0n) is 32.3. The lowest BCUT2D eigenvalue weighted by Gasteiger charge is -2.44. The van der Waals surface area contributed by atoms with Gasteiger partial charge in [-0.3, -0.25) is 14.9 Å². The molecule has 2 atom stereocenters. The second kappa shape index (κ2) is 15.8. The Morgan fingerprint density at radius 3 is 2.07 bits per heavy atom. The van der Waals surface area contributed by atoms with Gasteiger partial charge in [-0.05, 0) is 124 Å². The van der Waals surface area contributed by atoms with E-state index in [4.69, 9.17) is 9.47 Å². The number of ether oxygens (including phenoxy) is 2. The molecule has 1 N–H and O–H groups in total. The van der Waals surface area contributed by atoms with Gasteiger partial charge >= 0.3 is 6.03 Å². The van der Waals surface area contributed by atoms with Crippen molar-refractivity contribution in [1.82, 2.24) is 5.32 Å². The molecule has 9 rings (SSSR count). The predicted molar refractivity (Wildman–Crippen MR) is 237 cm³/mol. The number of anilines is 2. The number of hydrogen-bond donors (Lipinski definition) is 1. The fourth-order valence-electron chi connectivity index (χ4n) is 8.88. The fourth-order valence-corrected chi connectivity index (χ4v) is 9.66. The summed E-state index contributed by atoms with van der Waals surface area (Å²) in [4.78, 5) is 45.5. The van der Waals surface area contributed by atoms with Gasteiger partial charge < -0.3 is 14.4 Å². The molecule has 1 saturated heterocycles. The minimum absolute atomic E-state index is 0.0737. The molecule has 3 aliphatic rings. The van der Waals surface area contributed by atoms with Gasteiger partial charge in [-0.1, -0.05) is 97.1 Å². The Hall–Kier alpha value is -5.94. The SMILES string of the molecule is CCOc1cc(/C=C2\C(=O)NC(=O)N(c3cc4c5c(c3)[C@H](c3ccccc3)CCN5CC[C@H]4c3ccccc3)C2=O)cc(I)c1OCc1c(C)ccc2ccccc12. The summed E-state index contributed by atoms with van der Waals surface area (Å²) < 4.78 is 13.3. The second-order valence-corrected chi connectivity index (χ2v) is 16.2. The Bertz CT molecular complexity index is 2550. The molecule has 290 valence electrons. The van der Waals surface area contributed by atoms with Gasteiger partial charge in [-0.25, -0.2) is 9.69 Å². The highest BCUT2D eigenvalue weighted by molar-refractivity contribution is 14.1. The van der Waals surface area contributed by atoms with Crippen molar-refractivity contribution < 1.29 is 23.9 Å². The number of aryl methyl sites for hydroxylation is 1. The van der Waals surface area contributed by atoms with E-state index in [1.807, 2.05) is 49.4 Å². The molecule has 0 aliphatic carbocycles. The number of carbonyl (C=O) groups is 3. The Balaban J connectivity index is 1.09. The Morgan fingerprint density at radius 1 is 0.776 bits per heavy atom. The van der Waals surface area contributed by atoms with E-state index < -0.39 is 17.8 Å². The molecule has 3 heterocycles. The first-order chi connectivity index (χ1) is 28.3. The first-order valence-corrected chi connectivity index (χ1v) is 20.9. The Morgan fingerprint density at radius 2 is 1.41 bits per heavy atom. The van der Waals surface area contributed by atoms with E-state index in [9.17, 15) is 14.4 Å². The molecule has 0 spiro atoms. The maximum atomic E-state index is 14.6. The van der Waals surface area contributed by atoms with Gasteiger partial charge in [-0.2, -0.15) is 0 Å². The summed E-state index contributed by atoms with van der Waals surface area (Å²) in [6.45, 7) is 6.52. The number of nitrogens with one attached hydrogen (secondary N) is 1. The number of nitrogens with zero attached hydrogens (tertiary/aromatic N) is 2. The van der Waals surface area contributed by atoms with Crippen LogP contribution in [-0.4, -0.2) is 37.5 Å². The van der Waals surface area contributed by atoms with E-state index in [0.717, 1.165) is 67.4 Å². The predicted octanol–water partition coefficient (Wildman–Crippen LogP) is 10.3. The molecule has 8 nitrogen and oxygen atoms in total. The maximum absolute atomic E-state index is 14.6. The van der Waals surface area contributed by atoms with Crippen molar-refractivity contribution >= 4 is 68.7 Å². The smallest absolute Gasteiger partial charge is 0.335 e. The van der Waals surface area contributed by atoms with Crippen molar-refractivity contribution in [2.75, 3.05) is 29.5 Å². The van der Waals surface area contributed by atoms with Crippen molar-refractivity contribution in [3.63, 3.8) is 0 Å². The molecular weight excluding hydrogens is 837 g/mol. The van der Waals surface area contributed by atoms with Crippen LogP contribution in [0.15, 0.2) is 127 Å². The highest BCUT2D eigenvalue weighted by Crippen LogP contribution is 2.50. The zero-order chi connectivity index (χ0) is 39.9. The van der Waals surface area contributed by atoms with Crippen LogP contribution in [0.2, 0.25) is 0 Å². The van der Waals surface area contributed by atoms with E-state index in [0.29, 0.717) is 36.0 Å². The molecule has 3 aliphatic heterocycles. The summed E-state index contributed by atoms with van der Waals surface area (Å²) in [7, 11) is 0. The number of barbiturate groups is 1. The van der Waals surface area contributed by atoms with Gasteiger partial charge in [0.25, 0.3) is 11.8 Å². The summed E-state index contributed by atoms with van der Waals surface area (Å²) in [5.74, 6) is -0.217. The third-order valence-electron chi connectivity index (χ3n) is 11.6. The molecule has 0 saturated carbocycles. The van der Waals surface area contributed by atoms with Crippen molar-refractivity contribution in [3.8, 4) is 11.5 Å². The summed E-state index contributed by atoms with van der Waals surface area (Å²) >= 11 is 2.20. The van der Waals surface area contributed by atoms with Crippen LogP contribution in [0.4, 0.5) is 16.2 Å².